The molecule has 1 amide bonds. The van der Waals surface area contributed by atoms with Crippen LogP contribution in [0.3, 0.4) is 0 Å². The zero-order valence-corrected chi connectivity index (χ0v) is 18.1. The quantitative estimate of drug-likeness (QED) is 0.421. The van der Waals surface area contributed by atoms with Gasteiger partial charge in [-0.25, -0.2) is 0 Å². The molecular formula is C26H25N3O4. The lowest BCUT2D eigenvalue weighted by atomic mass is 9.92. The van der Waals surface area contributed by atoms with Crippen LogP contribution < -0.4 is 5.32 Å². The van der Waals surface area contributed by atoms with Gasteiger partial charge in [0, 0.05) is 34.8 Å². The van der Waals surface area contributed by atoms with E-state index in [1.165, 1.54) is 0 Å². The molecule has 3 N–H and O–H groups in total. The van der Waals surface area contributed by atoms with E-state index < -0.39 is 0 Å². The first kappa shape index (κ1) is 21.2. The van der Waals surface area contributed by atoms with Crippen LogP contribution in [0.4, 0.5) is 0 Å². The van der Waals surface area contributed by atoms with Crippen LogP contribution in [-0.4, -0.2) is 38.2 Å². The second-order valence-corrected chi connectivity index (χ2v) is 8.44. The van der Waals surface area contributed by atoms with E-state index in [1.807, 2.05) is 30.3 Å². The molecule has 2 aromatic carbocycles. The van der Waals surface area contributed by atoms with E-state index in [4.69, 9.17) is 4.74 Å². The summed E-state index contributed by atoms with van der Waals surface area (Å²) in [4.78, 5) is 21.2. The molecule has 0 aliphatic heterocycles. The second-order valence-electron chi connectivity index (χ2n) is 8.44. The molecule has 7 nitrogen and oxygen atoms in total. The van der Waals surface area contributed by atoms with Crippen molar-refractivity contribution in [3.05, 3.63) is 72.1 Å². The first-order chi connectivity index (χ1) is 16.1. The molecule has 0 saturated heterocycles. The Hall–Kier alpha value is -3.71. The number of phenols is 2. The van der Waals surface area contributed by atoms with Crippen molar-refractivity contribution >= 4 is 27.7 Å². The van der Waals surface area contributed by atoms with Gasteiger partial charge in [0.05, 0.1) is 18.3 Å². The highest BCUT2D eigenvalue weighted by Gasteiger charge is 2.25. The van der Waals surface area contributed by atoms with Gasteiger partial charge in [-0.3, -0.25) is 14.8 Å². The van der Waals surface area contributed by atoms with E-state index in [0.29, 0.717) is 17.6 Å². The van der Waals surface area contributed by atoms with Crippen molar-refractivity contribution in [3.63, 3.8) is 0 Å². The molecule has 1 aliphatic rings. The lowest BCUT2D eigenvalue weighted by molar-refractivity contribution is 0.0106. The van der Waals surface area contributed by atoms with E-state index >= 15 is 0 Å². The van der Waals surface area contributed by atoms with Crippen LogP contribution in [-0.2, 0) is 11.3 Å². The van der Waals surface area contributed by atoms with Gasteiger partial charge in [-0.1, -0.05) is 30.3 Å². The SMILES string of the molecule is O=C(NC1CCC(OCc2ccc3cccnc3c2O)CC1)c1ccc2cccnc2c1O. The van der Waals surface area contributed by atoms with Crippen molar-refractivity contribution in [3.8, 4) is 11.5 Å². The van der Waals surface area contributed by atoms with Gasteiger partial charge in [-0.15, -0.1) is 0 Å². The van der Waals surface area contributed by atoms with Gasteiger partial charge in [-0.05, 0) is 43.9 Å². The molecule has 1 fully saturated rings. The number of benzene rings is 2. The summed E-state index contributed by atoms with van der Waals surface area (Å²) in [5.41, 5.74) is 1.96. The van der Waals surface area contributed by atoms with Crippen LogP contribution in [0.5, 0.6) is 11.5 Å². The lowest BCUT2D eigenvalue weighted by Gasteiger charge is -2.29. The molecule has 168 valence electrons. The van der Waals surface area contributed by atoms with Crippen LogP contribution in [0.2, 0.25) is 0 Å². The van der Waals surface area contributed by atoms with E-state index in [1.54, 1.807) is 30.6 Å². The smallest absolute Gasteiger partial charge is 0.255 e. The number of phenolic OH excluding ortho intramolecular Hbond substituents is 2. The number of carbonyl (C=O) groups excluding carboxylic acids is 1. The fourth-order valence-corrected chi connectivity index (χ4v) is 4.45. The monoisotopic (exact) mass is 443 g/mol. The summed E-state index contributed by atoms with van der Waals surface area (Å²) in [7, 11) is 0. The minimum absolute atomic E-state index is 0.0226. The Kier molecular flexibility index (Phi) is 5.79. The van der Waals surface area contributed by atoms with Gasteiger partial charge in [0.15, 0.2) is 5.75 Å². The summed E-state index contributed by atoms with van der Waals surface area (Å²) < 4.78 is 6.06. The number of fused-ring (bicyclic) bond motifs is 2. The standard InChI is InChI=1S/C26H25N3O4/c30-24-18(6-5-16-3-1-13-27-22(16)24)15-33-20-10-8-19(9-11-20)29-26(32)21-12-7-17-4-2-14-28-23(17)25(21)31/h1-7,12-14,19-20,30-31H,8-11,15H2,(H,29,32). The molecule has 0 radical (unpaired) electrons. The Morgan fingerprint density at radius 3 is 2.21 bits per heavy atom. The molecule has 4 aromatic rings. The number of nitrogens with one attached hydrogen (secondary N) is 1. The van der Waals surface area contributed by atoms with Crippen molar-refractivity contribution in [2.45, 2.75) is 44.4 Å². The third-order valence-corrected chi connectivity index (χ3v) is 6.31. The number of rotatable bonds is 5. The van der Waals surface area contributed by atoms with Crippen molar-refractivity contribution in [2.75, 3.05) is 0 Å². The van der Waals surface area contributed by atoms with E-state index in [2.05, 4.69) is 15.3 Å². The Balaban J connectivity index is 1.16. The molecule has 2 aromatic heterocycles. The van der Waals surface area contributed by atoms with Gasteiger partial charge in [0.1, 0.15) is 16.8 Å². The van der Waals surface area contributed by atoms with Crippen LogP contribution in [0, 0.1) is 0 Å². The zero-order chi connectivity index (χ0) is 22.8. The fraction of sp³-hybridized carbons (Fsp3) is 0.269. The number of pyridine rings is 2. The van der Waals surface area contributed by atoms with Crippen molar-refractivity contribution in [1.29, 1.82) is 0 Å². The van der Waals surface area contributed by atoms with E-state index in [0.717, 1.165) is 42.0 Å². The summed E-state index contributed by atoms with van der Waals surface area (Å²) in [5.74, 6) is -0.218. The summed E-state index contributed by atoms with van der Waals surface area (Å²) >= 11 is 0. The number of ether oxygens (including phenoxy) is 1. The van der Waals surface area contributed by atoms with Crippen molar-refractivity contribution < 1.29 is 19.7 Å². The van der Waals surface area contributed by atoms with Crippen LogP contribution in [0.1, 0.15) is 41.6 Å². The lowest BCUT2D eigenvalue weighted by Crippen LogP contribution is -2.39. The largest absolute Gasteiger partial charge is 0.505 e. The summed E-state index contributed by atoms with van der Waals surface area (Å²) in [5, 5.41) is 25.7. The molecule has 0 unspecified atom stereocenters. The van der Waals surface area contributed by atoms with Crippen LogP contribution >= 0.6 is 0 Å². The summed E-state index contributed by atoms with van der Waals surface area (Å²) in [6.45, 7) is 0.317. The highest BCUT2D eigenvalue weighted by molar-refractivity contribution is 6.02. The maximum atomic E-state index is 12.8. The zero-order valence-electron chi connectivity index (χ0n) is 18.1. The molecule has 1 saturated carbocycles. The maximum Gasteiger partial charge on any atom is 0.255 e. The number of carbonyl (C=O) groups is 1. The Bertz CT molecular complexity index is 1320. The van der Waals surface area contributed by atoms with Gasteiger partial charge in [0.2, 0.25) is 0 Å². The number of hydrogen-bond donors (Lipinski definition) is 3. The minimum atomic E-state index is -0.294. The minimum Gasteiger partial charge on any atom is -0.505 e. The topological polar surface area (TPSA) is 105 Å². The van der Waals surface area contributed by atoms with Crippen LogP contribution in [0.15, 0.2) is 60.9 Å². The molecule has 7 heteroatoms. The Labute approximate surface area is 191 Å². The van der Waals surface area contributed by atoms with Crippen LogP contribution in [0.25, 0.3) is 21.8 Å². The molecule has 2 heterocycles. The van der Waals surface area contributed by atoms with E-state index in [-0.39, 0.29) is 35.1 Å². The number of aromatic hydroxyl groups is 2. The molecule has 0 bridgehead atoms. The molecule has 33 heavy (non-hydrogen) atoms. The Morgan fingerprint density at radius 1 is 0.879 bits per heavy atom. The van der Waals surface area contributed by atoms with Crippen molar-refractivity contribution in [2.24, 2.45) is 0 Å². The first-order valence-electron chi connectivity index (χ1n) is 11.1. The van der Waals surface area contributed by atoms with E-state index in [9.17, 15) is 15.0 Å². The summed E-state index contributed by atoms with van der Waals surface area (Å²) in [6, 6.07) is 14.6. The predicted molar refractivity (Wildman–Crippen MR) is 125 cm³/mol. The highest BCUT2D eigenvalue weighted by Crippen LogP contribution is 2.30. The molecule has 5 rings (SSSR count). The van der Waals surface area contributed by atoms with Gasteiger partial charge in [0.25, 0.3) is 5.91 Å². The number of aromatic nitrogens is 2. The average Bonchev–Trinajstić information content (AvgIpc) is 2.85. The van der Waals surface area contributed by atoms with Crippen molar-refractivity contribution in [1.82, 2.24) is 15.3 Å². The number of hydrogen-bond acceptors (Lipinski definition) is 6. The number of amides is 1. The fourth-order valence-electron chi connectivity index (χ4n) is 4.45. The maximum absolute atomic E-state index is 12.8. The van der Waals surface area contributed by atoms with Gasteiger partial charge >= 0.3 is 0 Å². The third kappa shape index (κ3) is 4.32. The molecule has 0 atom stereocenters. The third-order valence-electron chi connectivity index (χ3n) is 6.31. The first-order valence-corrected chi connectivity index (χ1v) is 11.1. The molecule has 1 aliphatic carbocycles. The second kappa shape index (κ2) is 9.03. The predicted octanol–water partition coefficient (Wildman–Crippen LogP) is 4.45. The van der Waals surface area contributed by atoms with Gasteiger partial charge in [-0.2, -0.15) is 0 Å². The Morgan fingerprint density at radius 2 is 1.52 bits per heavy atom. The highest BCUT2D eigenvalue weighted by atomic mass is 16.5. The number of nitrogens with zero attached hydrogens (tertiary/aromatic N) is 2. The molecular weight excluding hydrogens is 418 g/mol. The molecule has 0 spiro atoms. The normalized spacial score (nSPS) is 18.4. The summed E-state index contributed by atoms with van der Waals surface area (Å²) in [6.07, 6.45) is 6.51. The van der Waals surface area contributed by atoms with Gasteiger partial charge < -0.3 is 20.3 Å². The average molecular weight is 444 g/mol.